The van der Waals surface area contributed by atoms with E-state index in [1.54, 1.807) is 13.2 Å². The molecule has 0 aliphatic rings. The Kier molecular flexibility index (Phi) is 5.95. The summed E-state index contributed by atoms with van der Waals surface area (Å²) in [6, 6.07) is 10.5. The Labute approximate surface area is 140 Å². The largest absolute Gasteiger partial charge is 0.497 e. The van der Waals surface area contributed by atoms with E-state index < -0.39 is 12.0 Å². The van der Waals surface area contributed by atoms with E-state index in [0.717, 1.165) is 16.3 Å². The van der Waals surface area contributed by atoms with E-state index >= 15 is 0 Å². The number of nitrogens with one attached hydrogen (secondary N) is 1. The summed E-state index contributed by atoms with van der Waals surface area (Å²) in [5, 5.41) is 13.7. The number of carboxylic acid groups (broad SMARTS) is 1. The van der Waals surface area contributed by atoms with Gasteiger partial charge in [-0.1, -0.05) is 30.3 Å². The number of allylic oxidation sites excluding steroid dienone is 1. The van der Waals surface area contributed by atoms with Crippen molar-refractivity contribution in [2.24, 2.45) is 0 Å². The summed E-state index contributed by atoms with van der Waals surface area (Å²) < 4.78 is 5.23. The molecule has 0 aromatic heterocycles. The predicted octanol–water partition coefficient (Wildman–Crippen LogP) is 2.93. The maximum absolute atomic E-state index is 12.3. The van der Waals surface area contributed by atoms with Gasteiger partial charge in [-0.25, -0.2) is 4.79 Å². The van der Waals surface area contributed by atoms with Crippen molar-refractivity contribution < 1.29 is 19.4 Å². The first-order valence-corrected chi connectivity index (χ1v) is 7.74. The van der Waals surface area contributed by atoms with E-state index in [9.17, 15) is 14.7 Å². The van der Waals surface area contributed by atoms with Gasteiger partial charge >= 0.3 is 5.97 Å². The molecule has 0 saturated heterocycles. The molecule has 126 valence electrons. The average Bonchev–Trinajstić information content (AvgIpc) is 2.58. The number of carboxylic acids is 1. The van der Waals surface area contributed by atoms with Gasteiger partial charge in [0.05, 0.1) is 13.5 Å². The zero-order valence-electron chi connectivity index (χ0n) is 13.6. The van der Waals surface area contributed by atoms with E-state index in [2.05, 4.69) is 11.9 Å². The van der Waals surface area contributed by atoms with Crippen molar-refractivity contribution in [2.75, 3.05) is 7.11 Å². The molecule has 0 bridgehead atoms. The fourth-order valence-electron chi connectivity index (χ4n) is 2.56. The minimum Gasteiger partial charge on any atom is -0.497 e. The van der Waals surface area contributed by atoms with Crippen LogP contribution in [0.25, 0.3) is 10.8 Å². The monoisotopic (exact) mass is 327 g/mol. The maximum atomic E-state index is 12.3. The Morgan fingerprint density at radius 2 is 2.12 bits per heavy atom. The molecule has 2 rings (SSSR count). The van der Waals surface area contributed by atoms with Crippen LogP contribution in [-0.2, 0) is 16.0 Å². The second kappa shape index (κ2) is 8.15. The Bertz CT molecular complexity index is 754. The van der Waals surface area contributed by atoms with E-state index in [1.165, 1.54) is 0 Å². The smallest absolute Gasteiger partial charge is 0.326 e. The zero-order chi connectivity index (χ0) is 17.5. The van der Waals surface area contributed by atoms with Crippen LogP contribution in [0.2, 0.25) is 0 Å². The molecule has 0 aliphatic carbocycles. The standard InChI is InChI=1S/C19H21NO4/c1-3-4-8-17(19(22)23)20-18(21)11-14-7-5-6-13-9-10-15(24-2)12-16(13)14/h3,5-7,9-10,12,17H,1,4,8,11H2,2H3,(H,20,21)(H,22,23). The molecule has 0 aliphatic heterocycles. The number of fused-ring (bicyclic) bond motifs is 1. The molecule has 2 N–H and O–H groups in total. The molecule has 1 unspecified atom stereocenters. The van der Waals surface area contributed by atoms with Crippen molar-refractivity contribution in [3.63, 3.8) is 0 Å². The molecule has 1 atom stereocenters. The Morgan fingerprint density at radius 1 is 1.33 bits per heavy atom. The number of carbonyl (C=O) groups excluding carboxylic acids is 1. The normalized spacial score (nSPS) is 11.7. The number of hydrogen-bond acceptors (Lipinski definition) is 3. The molecule has 24 heavy (non-hydrogen) atoms. The molecule has 1 amide bonds. The highest BCUT2D eigenvalue weighted by molar-refractivity contribution is 5.92. The Morgan fingerprint density at radius 3 is 2.79 bits per heavy atom. The quantitative estimate of drug-likeness (QED) is 0.731. The first-order valence-electron chi connectivity index (χ1n) is 7.74. The van der Waals surface area contributed by atoms with Gasteiger partial charge in [-0.15, -0.1) is 6.58 Å². The number of benzene rings is 2. The van der Waals surface area contributed by atoms with Crippen LogP contribution in [0.4, 0.5) is 0 Å². The van der Waals surface area contributed by atoms with Gasteiger partial charge in [-0.2, -0.15) is 0 Å². The zero-order valence-corrected chi connectivity index (χ0v) is 13.6. The summed E-state index contributed by atoms with van der Waals surface area (Å²) in [7, 11) is 1.59. The highest BCUT2D eigenvalue weighted by atomic mass is 16.5. The molecule has 0 fully saturated rings. The van der Waals surface area contributed by atoms with Crippen LogP contribution < -0.4 is 10.1 Å². The van der Waals surface area contributed by atoms with Gasteiger partial charge in [0.1, 0.15) is 11.8 Å². The molecule has 0 radical (unpaired) electrons. The second-order valence-corrected chi connectivity index (χ2v) is 5.51. The van der Waals surface area contributed by atoms with Gasteiger partial charge in [0, 0.05) is 0 Å². The van der Waals surface area contributed by atoms with Crippen LogP contribution in [0.3, 0.4) is 0 Å². The molecule has 2 aromatic carbocycles. The SMILES string of the molecule is C=CCCC(NC(=O)Cc1cccc2ccc(OC)cc12)C(=O)O. The van der Waals surface area contributed by atoms with Gasteiger partial charge in [0.25, 0.3) is 0 Å². The van der Waals surface area contributed by atoms with Crippen LogP contribution >= 0.6 is 0 Å². The predicted molar refractivity (Wildman–Crippen MR) is 93.2 cm³/mol. The summed E-state index contributed by atoms with van der Waals surface area (Å²) in [4.78, 5) is 23.5. The number of aliphatic carboxylic acids is 1. The van der Waals surface area contributed by atoms with Gasteiger partial charge in [0.15, 0.2) is 0 Å². The Balaban J connectivity index is 2.17. The number of amides is 1. The average molecular weight is 327 g/mol. The third-order valence-electron chi connectivity index (χ3n) is 3.82. The second-order valence-electron chi connectivity index (χ2n) is 5.51. The molecule has 2 aromatic rings. The lowest BCUT2D eigenvalue weighted by atomic mass is 10.0. The van der Waals surface area contributed by atoms with Gasteiger partial charge in [-0.05, 0) is 41.3 Å². The lowest BCUT2D eigenvalue weighted by molar-refractivity contribution is -0.141. The molecule has 5 heteroatoms. The molecule has 0 saturated carbocycles. The number of methoxy groups -OCH3 is 1. The minimum absolute atomic E-state index is 0.113. The summed E-state index contributed by atoms with van der Waals surface area (Å²) in [5.74, 6) is -0.642. The van der Waals surface area contributed by atoms with Crippen molar-refractivity contribution >= 4 is 22.6 Å². The minimum atomic E-state index is -1.04. The highest BCUT2D eigenvalue weighted by Gasteiger charge is 2.19. The van der Waals surface area contributed by atoms with Crippen molar-refractivity contribution in [3.05, 3.63) is 54.6 Å². The van der Waals surface area contributed by atoms with E-state index in [0.29, 0.717) is 18.6 Å². The van der Waals surface area contributed by atoms with Crippen molar-refractivity contribution in [2.45, 2.75) is 25.3 Å². The fraction of sp³-hybridized carbons (Fsp3) is 0.263. The van der Waals surface area contributed by atoms with E-state index in [1.807, 2.05) is 36.4 Å². The third-order valence-corrected chi connectivity index (χ3v) is 3.82. The Hall–Kier alpha value is -2.82. The number of carbonyl (C=O) groups is 2. The van der Waals surface area contributed by atoms with Crippen molar-refractivity contribution in [3.8, 4) is 5.75 Å². The summed E-state index contributed by atoms with van der Waals surface area (Å²) in [6.45, 7) is 3.57. The molecule has 0 spiro atoms. The van der Waals surface area contributed by atoms with Gasteiger partial charge in [-0.3, -0.25) is 4.79 Å². The van der Waals surface area contributed by atoms with Crippen LogP contribution in [0.1, 0.15) is 18.4 Å². The first kappa shape index (κ1) is 17.5. The summed E-state index contributed by atoms with van der Waals surface area (Å²) in [6.07, 6.45) is 2.61. The number of rotatable bonds is 8. The lowest BCUT2D eigenvalue weighted by Gasteiger charge is -2.14. The molecular weight excluding hydrogens is 306 g/mol. The molecule has 5 nitrogen and oxygen atoms in total. The van der Waals surface area contributed by atoms with Crippen LogP contribution in [0.5, 0.6) is 5.75 Å². The summed E-state index contributed by atoms with van der Waals surface area (Å²) in [5.41, 5.74) is 0.830. The molecular formula is C19H21NO4. The third kappa shape index (κ3) is 4.35. The summed E-state index contributed by atoms with van der Waals surface area (Å²) >= 11 is 0. The maximum Gasteiger partial charge on any atom is 0.326 e. The lowest BCUT2D eigenvalue weighted by Crippen LogP contribution is -2.41. The van der Waals surface area contributed by atoms with Crippen LogP contribution in [0, 0.1) is 0 Å². The van der Waals surface area contributed by atoms with Gasteiger partial charge < -0.3 is 15.2 Å². The number of hydrogen-bond donors (Lipinski definition) is 2. The van der Waals surface area contributed by atoms with Gasteiger partial charge in [0.2, 0.25) is 5.91 Å². The highest BCUT2D eigenvalue weighted by Crippen LogP contribution is 2.24. The van der Waals surface area contributed by atoms with Crippen LogP contribution in [-0.4, -0.2) is 30.1 Å². The van der Waals surface area contributed by atoms with E-state index in [-0.39, 0.29) is 12.3 Å². The molecule has 0 heterocycles. The van der Waals surface area contributed by atoms with E-state index in [4.69, 9.17) is 4.74 Å². The first-order chi connectivity index (χ1) is 11.5. The fourth-order valence-corrected chi connectivity index (χ4v) is 2.56. The van der Waals surface area contributed by atoms with Crippen molar-refractivity contribution in [1.82, 2.24) is 5.32 Å². The van der Waals surface area contributed by atoms with Crippen molar-refractivity contribution in [1.29, 1.82) is 0 Å². The van der Waals surface area contributed by atoms with Crippen LogP contribution in [0.15, 0.2) is 49.1 Å². The topological polar surface area (TPSA) is 75.6 Å². The number of ether oxygens (including phenoxy) is 1.